The molecule has 2 aliphatic heterocycles. The molecule has 2 fully saturated rings. The lowest BCUT2D eigenvalue weighted by molar-refractivity contribution is 0.0303. The normalized spacial score (nSPS) is 19.0. The zero-order chi connectivity index (χ0) is 20.9. The third-order valence-electron chi connectivity index (χ3n) is 5.58. The molecular formula is C23H25FN2O4. The Kier molecular flexibility index (Phi) is 6.28. The van der Waals surface area contributed by atoms with Crippen molar-refractivity contribution in [3.05, 3.63) is 65.5 Å². The van der Waals surface area contributed by atoms with Crippen molar-refractivity contribution in [3.8, 4) is 5.75 Å². The summed E-state index contributed by atoms with van der Waals surface area (Å²) in [4.78, 5) is 28.7. The molecule has 4 rings (SSSR count). The van der Waals surface area contributed by atoms with E-state index in [0.717, 1.165) is 12.8 Å². The molecule has 158 valence electrons. The van der Waals surface area contributed by atoms with E-state index in [0.29, 0.717) is 50.8 Å². The Morgan fingerprint density at radius 3 is 2.47 bits per heavy atom. The van der Waals surface area contributed by atoms with Crippen LogP contribution in [-0.4, -0.2) is 67.1 Å². The molecule has 7 heteroatoms. The van der Waals surface area contributed by atoms with Crippen LogP contribution in [0.15, 0.2) is 48.5 Å². The Morgan fingerprint density at radius 2 is 1.73 bits per heavy atom. The largest absolute Gasteiger partial charge is 0.491 e. The summed E-state index contributed by atoms with van der Waals surface area (Å²) in [6.07, 6.45) is 1.68. The maximum absolute atomic E-state index is 14.0. The van der Waals surface area contributed by atoms with E-state index in [9.17, 15) is 14.0 Å². The van der Waals surface area contributed by atoms with Crippen LogP contribution in [-0.2, 0) is 4.74 Å². The van der Waals surface area contributed by atoms with Gasteiger partial charge in [-0.1, -0.05) is 12.1 Å². The van der Waals surface area contributed by atoms with Gasteiger partial charge in [0.05, 0.1) is 24.8 Å². The quantitative estimate of drug-likeness (QED) is 0.758. The standard InChI is InChI=1S/C23H25FN2O4/c24-21-6-2-1-5-20(21)23(28)26-11-3-4-18(26)16-30-19-9-7-17(8-10-19)22(27)25-12-14-29-15-13-25/h1-2,5-10,18H,3-4,11-16H2. The van der Waals surface area contributed by atoms with Crippen molar-refractivity contribution in [1.82, 2.24) is 9.80 Å². The number of hydrogen-bond donors (Lipinski definition) is 0. The lowest BCUT2D eigenvalue weighted by Gasteiger charge is -2.27. The minimum absolute atomic E-state index is 0.0118. The number of likely N-dealkylation sites (tertiary alicyclic amines) is 1. The van der Waals surface area contributed by atoms with Gasteiger partial charge >= 0.3 is 0 Å². The van der Waals surface area contributed by atoms with Crippen LogP contribution in [0.4, 0.5) is 4.39 Å². The van der Waals surface area contributed by atoms with Crippen LogP contribution in [0.5, 0.6) is 5.75 Å². The Labute approximate surface area is 175 Å². The number of nitrogens with zero attached hydrogens (tertiary/aromatic N) is 2. The molecule has 2 aromatic rings. The van der Waals surface area contributed by atoms with Gasteiger partial charge in [-0.05, 0) is 49.2 Å². The monoisotopic (exact) mass is 412 g/mol. The highest BCUT2D eigenvalue weighted by Gasteiger charge is 2.31. The van der Waals surface area contributed by atoms with Crippen LogP contribution >= 0.6 is 0 Å². The van der Waals surface area contributed by atoms with Crippen LogP contribution in [0, 0.1) is 5.82 Å². The minimum atomic E-state index is -0.505. The summed E-state index contributed by atoms with van der Waals surface area (Å²) in [5.41, 5.74) is 0.705. The average molecular weight is 412 g/mol. The molecule has 1 atom stereocenters. The van der Waals surface area contributed by atoms with E-state index in [-0.39, 0.29) is 23.4 Å². The summed E-state index contributed by atoms with van der Waals surface area (Å²) < 4.78 is 25.2. The second-order valence-electron chi connectivity index (χ2n) is 7.51. The van der Waals surface area contributed by atoms with E-state index >= 15 is 0 Å². The lowest BCUT2D eigenvalue weighted by Crippen LogP contribution is -2.40. The Hall–Kier alpha value is -2.93. The van der Waals surface area contributed by atoms with Crippen molar-refractivity contribution < 1.29 is 23.5 Å². The number of carbonyl (C=O) groups is 2. The van der Waals surface area contributed by atoms with E-state index in [1.807, 2.05) is 0 Å². The van der Waals surface area contributed by atoms with E-state index in [1.165, 1.54) is 12.1 Å². The molecule has 0 N–H and O–H groups in total. The third kappa shape index (κ3) is 4.46. The fraction of sp³-hybridized carbons (Fsp3) is 0.391. The zero-order valence-electron chi connectivity index (χ0n) is 16.8. The number of morpholine rings is 1. The molecule has 0 aliphatic carbocycles. The Balaban J connectivity index is 1.35. The van der Waals surface area contributed by atoms with Gasteiger partial charge in [0, 0.05) is 25.2 Å². The summed E-state index contributed by atoms with van der Waals surface area (Å²) >= 11 is 0. The maximum atomic E-state index is 14.0. The highest BCUT2D eigenvalue weighted by atomic mass is 19.1. The Bertz CT molecular complexity index is 896. The van der Waals surface area contributed by atoms with Crippen molar-refractivity contribution in [1.29, 1.82) is 0 Å². The highest BCUT2D eigenvalue weighted by molar-refractivity contribution is 5.95. The van der Waals surface area contributed by atoms with Crippen LogP contribution in [0.3, 0.4) is 0 Å². The van der Waals surface area contributed by atoms with Gasteiger partial charge < -0.3 is 19.3 Å². The fourth-order valence-electron chi connectivity index (χ4n) is 3.90. The first-order chi connectivity index (χ1) is 14.6. The SMILES string of the molecule is O=C(c1ccc(OCC2CCCN2C(=O)c2ccccc2F)cc1)N1CCOCC1. The summed E-state index contributed by atoms with van der Waals surface area (Å²) in [6.45, 7) is 3.26. The second kappa shape index (κ2) is 9.26. The van der Waals surface area contributed by atoms with Gasteiger partial charge in [-0.15, -0.1) is 0 Å². The van der Waals surface area contributed by atoms with Crippen LogP contribution in [0.25, 0.3) is 0 Å². The van der Waals surface area contributed by atoms with Gasteiger partial charge in [-0.25, -0.2) is 4.39 Å². The van der Waals surface area contributed by atoms with Crippen molar-refractivity contribution in [2.45, 2.75) is 18.9 Å². The molecule has 2 amide bonds. The van der Waals surface area contributed by atoms with E-state index in [4.69, 9.17) is 9.47 Å². The van der Waals surface area contributed by atoms with Crippen molar-refractivity contribution in [2.75, 3.05) is 39.5 Å². The molecule has 2 heterocycles. The van der Waals surface area contributed by atoms with E-state index < -0.39 is 5.82 Å². The van der Waals surface area contributed by atoms with Gasteiger partial charge in [-0.3, -0.25) is 9.59 Å². The van der Waals surface area contributed by atoms with E-state index in [1.54, 1.807) is 46.2 Å². The van der Waals surface area contributed by atoms with Crippen molar-refractivity contribution >= 4 is 11.8 Å². The molecule has 2 aliphatic rings. The summed E-state index contributed by atoms with van der Waals surface area (Å²) in [5.74, 6) is -0.179. The first-order valence-electron chi connectivity index (χ1n) is 10.3. The summed E-state index contributed by atoms with van der Waals surface area (Å²) in [6, 6.07) is 13.0. The molecule has 0 radical (unpaired) electrons. The van der Waals surface area contributed by atoms with Gasteiger partial charge in [-0.2, -0.15) is 0 Å². The number of ether oxygens (including phenoxy) is 2. The smallest absolute Gasteiger partial charge is 0.257 e. The molecule has 1 unspecified atom stereocenters. The topological polar surface area (TPSA) is 59.1 Å². The number of amides is 2. The minimum Gasteiger partial charge on any atom is -0.491 e. The molecular weight excluding hydrogens is 387 g/mol. The number of carbonyl (C=O) groups excluding carboxylic acids is 2. The van der Waals surface area contributed by atoms with Crippen LogP contribution < -0.4 is 4.74 Å². The van der Waals surface area contributed by atoms with Gasteiger partial charge in [0.25, 0.3) is 11.8 Å². The van der Waals surface area contributed by atoms with Crippen molar-refractivity contribution in [3.63, 3.8) is 0 Å². The van der Waals surface area contributed by atoms with Crippen LogP contribution in [0.2, 0.25) is 0 Å². The van der Waals surface area contributed by atoms with Gasteiger partial charge in [0.15, 0.2) is 0 Å². The lowest BCUT2D eigenvalue weighted by atomic mass is 10.1. The fourth-order valence-corrected chi connectivity index (χ4v) is 3.90. The first kappa shape index (κ1) is 20.3. The van der Waals surface area contributed by atoms with Crippen LogP contribution in [0.1, 0.15) is 33.6 Å². The third-order valence-corrected chi connectivity index (χ3v) is 5.58. The van der Waals surface area contributed by atoms with E-state index in [2.05, 4.69) is 0 Å². The molecule has 0 spiro atoms. The predicted molar refractivity (Wildman–Crippen MR) is 109 cm³/mol. The molecule has 0 aromatic heterocycles. The van der Waals surface area contributed by atoms with Gasteiger partial charge in [0.1, 0.15) is 18.2 Å². The second-order valence-corrected chi connectivity index (χ2v) is 7.51. The molecule has 6 nitrogen and oxygen atoms in total. The molecule has 2 aromatic carbocycles. The summed E-state index contributed by atoms with van der Waals surface area (Å²) in [7, 11) is 0. The number of halogens is 1. The zero-order valence-corrected chi connectivity index (χ0v) is 16.8. The first-order valence-corrected chi connectivity index (χ1v) is 10.3. The molecule has 2 saturated heterocycles. The Morgan fingerprint density at radius 1 is 1.00 bits per heavy atom. The predicted octanol–water partition coefficient (Wildman–Crippen LogP) is 2.98. The van der Waals surface area contributed by atoms with Gasteiger partial charge in [0.2, 0.25) is 0 Å². The molecule has 0 bridgehead atoms. The molecule has 0 saturated carbocycles. The van der Waals surface area contributed by atoms with Crippen molar-refractivity contribution in [2.24, 2.45) is 0 Å². The number of rotatable bonds is 5. The number of hydrogen-bond acceptors (Lipinski definition) is 4. The maximum Gasteiger partial charge on any atom is 0.257 e. The number of benzene rings is 2. The average Bonchev–Trinajstić information content (AvgIpc) is 3.27. The molecule has 30 heavy (non-hydrogen) atoms. The highest BCUT2D eigenvalue weighted by Crippen LogP contribution is 2.23. The summed E-state index contributed by atoms with van der Waals surface area (Å²) in [5, 5.41) is 0.